The number of ether oxygens (including phenoxy) is 2. The highest BCUT2D eigenvalue weighted by atomic mass is 16.5. The van der Waals surface area contributed by atoms with E-state index in [1.807, 2.05) is 24.3 Å². The first-order valence-corrected chi connectivity index (χ1v) is 8.89. The largest absolute Gasteiger partial charge is 0.490 e. The van der Waals surface area contributed by atoms with E-state index >= 15 is 0 Å². The SMILES string of the molecule is CC(Oc1ccccc1C#N)C(=O)Nc1cccc(OC2CCCC2)c1. The van der Waals surface area contributed by atoms with Crippen LogP contribution in [0.2, 0.25) is 0 Å². The van der Waals surface area contributed by atoms with Crippen LogP contribution in [-0.2, 0) is 4.79 Å². The number of anilines is 1. The molecule has 0 saturated heterocycles. The zero-order chi connectivity index (χ0) is 18.4. The van der Waals surface area contributed by atoms with Crippen molar-refractivity contribution < 1.29 is 14.3 Å². The summed E-state index contributed by atoms with van der Waals surface area (Å²) in [4.78, 5) is 12.4. The molecule has 2 aromatic carbocycles. The second-order valence-corrected chi connectivity index (χ2v) is 6.41. The van der Waals surface area contributed by atoms with E-state index in [0.717, 1.165) is 18.6 Å². The quantitative estimate of drug-likeness (QED) is 0.844. The first-order chi connectivity index (χ1) is 12.7. The van der Waals surface area contributed by atoms with Crippen molar-refractivity contribution in [3.63, 3.8) is 0 Å². The molecule has 1 N–H and O–H groups in total. The van der Waals surface area contributed by atoms with E-state index in [1.165, 1.54) is 12.8 Å². The monoisotopic (exact) mass is 350 g/mol. The lowest BCUT2D eigenvalue weighted by Crippen LogP contribution is -2.30. The lowest BCUT2D eigenvalue weighted by atomic mass is 10.2. The number of nitrogens with one attached hydrogen (secondary N) is 1. The molecule has 2 aromatic rings. The summed E-state index contributed by atoms with van der Waals surface area (Å²) >= 11 is 0. The van der Waals surface area contributed by atoms with Crippen molar-refractivity contribution in [1.82, 2.24) is 0 Å². The van der Waals surface area contributed by atoms with Crippen molar-refractivity contribution >= 4 is 11.6 Å². The van der Waals surface area contributed by atoms with E-state index in [-0.39, 0.29) is 12.0 Å². The van der Waals surface area contributed by atoms with E-state index in [1.54, 1.807) is 31.2 Å². The molecule has 5 heteroatoms. The number of nitrogens with zero attached hydrogens (tertiary/aromatic N) is 1. The van der Waals surface area contributed by atoms with Gasteiger partial charge in [-0.3, -0.25) is 4.79 Å². The first kappa shape index (κ1) is 17.8. The number of rotatable bonds is 6. The van der Waals surface area contributed by atoms with Crippen LogP contribution in [-0.4, -0.2) is 18.1 Å². The van der Waals surface area contributed by atoms with Crippen LogP contribution in [0, 0.1) is 11.3 Å². The molecule has 1 atom stereocenters. The third-order valence-corrected chi connectivity index (χ3v) is 4.39. The fraction of sp³-hybridized carbons (Fsp3) is 0.333. The summed E-state index contributed by atoms with van der Waals surface area (Å²) in [6.07, 6.45) is 4.12. The Balaban J connectivity index is 1.61. The average Bonchev–Trinajstić information content (AvgIpc) is 3.15. The third kappa shape index (κ3) is 4.54. The zero-order valence-corrected chi connectivity index (χ0v) is 14.8. The molecule has 1 unspecified atom stereocenters. The van der Waals surface area contributed by atoms with Gasteiger partial charge in [0.05, 0.1) is 11.7 Å². The number of carbonyl (C=O) groups excluding carboxylic acids is 1. The fourth-order valence-corrected chi connectivity index (χ4v) is 3.00. The van der Waals surface area contributed by atoms with E-state index < -0.39 is 6.10 Å². The van der Waals surface area contributed by atoms with Crippen LogP contribution >= 0.6 is 0 Å². The standard InChI is InChI=1S/C21H22N2O3/c1-15(25-20-12-5-2-7-16(20)14-22)21(24)23-17-8-6-11-19(13-17)26-18-9-3-4-10-18/h2,5-8,11-13,15,18H,3-4,9-10H2,1H3,(H,23,24). The highest BCUT2D eigenvalue weighted by Crippen LogP contribution is 2.26. The Hall–Kier alpha value is -3.00. The lowest BCUT2D eigenvalue weighted by molar-refractivity contribution is -0.122. The molecule has 134 valence electrons. The van der Waals surface area contributed by atoms with Crippen LogP contribution < -0.4 is 14.8 Å². The van der Waals surface area contributed by atoms with Gasteiger partial charge in [-0.25, -0.2) is 0 Å². The van der Waals surface area contributed by atoms with Gasteiger partial charge in [0.1, 0.15) is 17.6 Å². The van der Waals surface area contributed by atoms with Gasteiger partial charge in [-0.15, -0.1) is 0 Å². The molecule has 1 aliphatic rings. The number of hydrogen-bond donors (Lipinski definition) is 1. The number of para-hydroxylation sites is 1. The Bertz CT molecular complexity index is 807. The Morgan fingerprint density at radius 3 is 2.73 bits per heavy atom. The van der Waals surface area contributed by atoms with Crippen molar-refractivity contribution in [1.29, 1.82) is 5.26 Å². The molecule has 0 aromatic heterocycles. The van der Waals surface area contributed by atoms with Gasteiger partial charge in [0.2, 0.25) is 0 Å². The average molecular weight is 350 g/mol. The van der Waals surface area contributed by atoms with Crippen LogP contribution in [0.5, 0.6) is 11.5 Å². The Morgan fingerprint density at radius 2 is 1.96 bits per heavy atom. The minimum Gasteiger partial charge on any atom is -0.490 e. The smallest absolute Gasteiger partial charge is 0.265 e. The summed E-state index contributed by atoms with van der Waals surface area (Å²) in [5, 5.41) is 11.9. The van der Waals surface area contributed by atoms with Gasteiger partial charge in [-0.05, 0) is 56.9 Å². The van der Waals surface area contributed by atoms with Crippen molar-refractivity contribution in [2.24, 2.45) is 0 Å². The molecule has 0 spiro atoms. The maximum absolute atomic E-state index is 12.4. The van der Waals surface area contributed by atoms with Gasteiger partial charge in [0.15, 0.2) is 6.10 Å². The minimum absolute atomic E-state index is 0.269. The summed E-state index contributed by atoms with van der Waals surface area (Å²) in [5.41, 5.74) is 1.06. The number of nitriles is 1. The van der Waals surface area contributed by atoms with Crippen LogP contribution in [0.3, 0.4) is 0 Å². The normalized spacial score (nSPS) is 15.1. The fourth-order valence-electron chi connectivity index (χ4n) is 3.00. The van der Waals surface area contributed by atoms with Crippen LogP contribution in [0.1, 0.15) is 38.2 Å². The van der Waals surface area contributed by atoms with Crippen molar-refractivity contribution in [3.8, 4) is 17.6 Å². The molecule has 3 rings (SSSR count). The van der Waals surface area contributed by atoms with E-state index in [2.05, 4.69) is 11.4 Å². The summed E-state index contributed by atoms with van der Waals surface area (Å²) in [7, 11) is 0. The lowest BCUT2D eigenvalue weighted by Gasteiger charge is -2.17. The molecular formula is C21H22N2O3. The Morgan fingerprint density at radius 1 is 1.19 bits per heavy atom. The third-order valence-electron chi connectivity index (χ3n) is 4.39. The number of hydrogen-bond acceptors (Lipinski definition) is 4. The summed E-state index contributed by atoms with van der Waals surface area (Å²) < 4.78 is 11.6. The molecule has 0 aliphatic heterocycles. The molecular weight excluding hydrogens is 328 g/mol. The Labute approximate surface area is 153 Å². The molecule has 26 heavy (non-hydrogen) atoms. The van der Waals surface area contributed by atoms with Crippen LogP contribution in [0.15, 0.2) is 48.5 Å². The van der Waals surface area contributed by atoms with Gasteiger partial charge in [-0.1, -0.05) is 18.2 Å². The highest BCUT2D eigenvalue weighted by molar-refractivity contribution is 5.94. The van der Waals surface area contributed by atoms with Crippen molar-refractivity contribution in [2.45, 2.75) is 44.8 Å². The predicted molar refractivity (Wildman–Crippen MR) is 99.2 cm³/mol. The number of carbonyl (C=O) groups is 1. The molecule has 5 nitrogen and oxygen atoms in total. The van der Waals surface area contributed by atoms with Gasteiger partial charge in [-0.2, -0.15) is 5.26 Å². The van der Waals surface area contributed by atoms with E-state index in [9.17, 15) is 4.79 Å². The predicted octanol–water partition coefficient (Wildman–Crippen LogP) is 4.29. The van der Waals surface area contributed by atoms with Gasteiger partial charge in [0, 0.05) is 11.8 Å². The van der Waals surface area contributed by atoms with Gasteiger partial charge >= 0.3 is 0 Å². The maximum atomic E-state index is 12.4. The van der Waals surface area contributed by atoms with Gasteiger partial charge < -0.3 is 14.8 Å². The first-order valence-electron chi connectivity index (χ1n) is 8.89. The topological polar surface area (TPSA) is 71.3 Å². The van der Waals surface area contributed by atoms with E-state index in [4.69, 9.17) is 14.7 Å². The van der Waals surface area contributed by atoms with E-state index in [0.29, 0.717) is 17.0 Å². The number of benzene rings is 2. The highest BCUT2D eigenvalue weighted by Gasteiger charge is 2.18. The maximum Gasteiger partial charge on any atom is 0.265 e. The molecule has 0 bridgehead atoms. The van der Waals surface area contributed by atoms with Crippen molar-refractivity contribution in [3.05, 3.63) is 54.1 Å². The molecule has 0 heterocycles. The molecule has 1 amide bonds. The van der Waals surface area contributed by atoms with Gasteiger partial charge in [0.25, 0.3) is 5.91 Å². The molecule has 1 saturated carbocycles. The molecule has 1 fully saturated rings. The summed E-state index contributed by atoms with van der Waals surface area (Å²) in [6, 6.07) is 16.3. The number of amides is 1. The molecule has 1 aliphatic carbocycles. The van der Waals surface area contributed by atoms with Crippen LogP contribution in [0.4, 0.5) is 5.69 Å². The second kappa shape index (κ2) is 8.39. The molecule has 0 radical (unpaired) electrons. The van der Waals surface area contributed by atoms with Crippen LogP contribution in [0.25, 0.3) is 0 Å². The zero-order valence-electron chi connectivity index (χ0n) is 14.8. The second-order valence-electron chi connectivity index (χ2n) is 6.41. The summed E-state index contributed by atoms with van der Waals surface area (Å²) in [6.45, 7) is 1.66. The summed E-state index contributed by atoms with van der Waals surface area (Å²) in [5.74, 6) is 0.879. The van der Waals surface area contributed by atoms with Crippen molar-refractivity contribution in [2.75, 3.05) is 5.32 Å². The Kier molecular flexibility index (Phi) is 5.75. The minimum atomic E-state index is -0.732.